The molecule has 4 rings (SSSR count). The number of aryl methyl sites for hydroxylation is 1. The first-order chi connectivity index (χ1) is 16.0. The molecule has 1 aliphatic rings. The van der Waals surface area contributed by atoms with Crippen LogP contribution in [-0.2, 0) is 24.3 Å². The number of methoxy groups -OCH3 is 1. The van der Waals surface area contributed by atoms with Gasteiger partial charge in [-0.3, -0.25) is 14.6 Å². The number of hydrogen-bond acceptors (Lipinski definition) is 6. The number of fused-ring (bicyclic) bond motifs is 1. The third-order valence-electron chi connectivity index (χ3n) is 5.67. The third-order valence-corrected chi connectivity index (χ3v) is 5.67. The highest BCUT2D eigenvalue weighted by molar-refractivity contribution is 5.95. The summed E-state index contributed by atoms with van der Waals surface area (Å²) in [5.74, 6) is -0.544. The van der Waals surface area contributed by atoms with Crippen LogP contribution in [0.2, 0.25) is 0 Å². The van der Waals surface area contributed by atoms with E-state index in [2.05, 4.69) is 4.98 Å². The van der Waals surface area contributed by atoms with E-state index in [9.17, 15) is 14.4 Å². The second-order valence-corrected chi connectivity index (χ2v) is 7.83. The van der Waals surface area contributed by atoms with Crippen LogP contribution in [-0.4, -0.2) is 46.5 Å². The van der Waals surface area contributed by atoms with Crippen LogP contribution in [0.15, 0.2) is 59.5 Å². The summed E-state index contributed by atoms with van der Waals surface area (Å²) in [6.07, 6.45) is 1.96. The molecule has 1 amide bonds. The minimum atomic E-state index is -0.590. The van der Waals surface area contributed by atoms with E-state index in [1.165, 1.54) is 17.7 Å². The van der Waals surface area contributed by atoms with Crippen molar-refractivity contribution in [3.63, 3.8) is 0 Å². The van der Waals surface area contributed by atoms with Gasteiger partial charge < -0.3 is 18.9 Å². The molecule has 0 spiro atoms. The second kappa shape index (κ2) is 9.68. The minimum absolute atomic E-state index is 0.103. The van der Waals surface area contributed by atoms with Gasteiger partial charge in [-0.05, 0) is 31.2 Å². The first kappa shape index (κ1) is 22.3. The molecule has 0 unspecified atom stereocenters. The largest absolute Gasteiger partial charge is 0.486 e. The molecule has 0 radical (unpaired) electrons. The van der Waals surface area contributed by atoms with Gasteiger partial charge in [0.2, 0.25) is 0 Å². The zero-order valence-electron chi connectivity index (χ0n) is 18.6. The van der Waals surface area contributed by atoms with E-state index < -0.39 is 5.97 Å². The van der Waals surface area contributed by atoms with E-state index >= 15 is 0 Å². The van der Waals surface area contributed by atoms with Gasteiger partial charge in [-0.15, -0.1) is 0 Å². The molecule has 3 aromatic rings. The summed E-state index contributed by atoms with van der Waals surface area (Å²) in [4.78, 5) is 44.5. The molecule has 8 nitrogen and oxygen atoms in total. The van der Waals surface area contributed by atoms with Crippen molar-refractivity contribution in [2.75, 3.05) is 20.2 Å². The fourth-order valence-corrected chi connectivity index (χ4v) is 3.90. The number of carbonyl (C=O) groups excluding carboxylic acids is 2. The lowest BCUT2D eigenvalue weighted by atomic mass is 10.1. The first-order valence-electron chi connectivity index (χ1n) is 10.7. The number of hydrogen-bond donors (Lipinski definition) is 0. The topological polar surface area (TPSA) is 90.7 Å². The van der Waals surface area contributed by atoms with Crippen LogP contribution >= 0.6 is 0 Å². The smallest absolute Gasteiger partial charge is 0.343 e. The number of benzene rings is 1. The summed E-state index contributed by atoms with van der Waals surface area (Å²) >= 11 is 0. The predicted molar refractivity (Wildman–Crippen MR) is 121 cm³/mol. The Hall–Kier alpha value is -3.94. The van der Waals surface area contributed by atoms with Crippen LogP contribution in [0.5, 0.6) is 5.75 Å². The van der Waals surface area contributed by atoms with Crippen molar-refractivity contribution < 1.29 is 19.1 Å². The number of aromatic nitrogens is 2. The van der Waals surface area contributed by atoms with Crippen LogP contribution in [0.4, 0.5) is 0 Å². The van der Waals surface area contributed by atoms with E-state index in [1.54, 1.807) is 35.4 Å². The number of pyridine rings is 2. The van der Waals surface area contributed by atoms with Crippen molar-refractivity contribution in [2.45, 2.75) is 26.5 Å². The summed E-state index contributed by atoms with van der Waals surface area (Å²) in [5.41, 5.74) is 2.74. The van der Waals surface area contributed by atoms with Crippen LogP contribution in [0.3, 0.4) is 0 Å². The van der Waals surface area contributed by atoms with Crippen molar-refractivity contribution >= 4 is 11.9 Å². The van der Waals surface area contributed by atoms with Gasteiger partial charge in [0.05, 0.1) is 12.8 Å². The maximum atomic E-state index is 13.0. The number of ether oxygens (including phenoxy) is 2. The normalized spacial score (nSPS) is 13.1. The zero-order chi connectivity index (χ0) is 23.4. The van der Waals surface area contributed by atoms with Crippen molar-refractivity contribution in [2.24, 2.45) is 0 Å². The molecule has 0 atom stereocenters. The lowest BCUT2D eigenvalue weighted by molar-refractivity contribution is 0.0592. The van der Waals surface area contributed by atoms with Gasteiger partial charge in [-0.2, -0.15) is 0 Å². The van der Waals surface area contributed by atoms with Crippen molar-refractivity contribution in [3.8, 4) is 5.75 Å². The number of rotatable bonds is 5. The molecule has 0 saturated heterocycles. The molecule has 0 fully saturated rings. The Morgan fingerprint density at radius 2 is 1.85 bits per heavy atom. The summed E-state index contributed by atoms with van der Waals surface area (Å²) in [6, 6.07) is 14.1. The summed E-state index contributed by atoms with van der Waals surface area (Å²) in [5, 5.41) is 0. The fraction of sp³-hybridized carbons (Fsp3) is 0.280. The van der Waals surface area contributed by atoms with Crippen LogP contribution in [0, 0.1) is 6.92 Å². The molecule has 1 aliphatic heterocycles. The second-order valence-electron chi connectivity index (χ2n) is 7.83. The molecule has 8 heteroatoms. The molecule has 1 aromatic carbocycles. The highest BCUT2D eigenvalue weighted by atomic mass is 16.5. The Labute approximate surface area is 191 Å². The van der Waals surface area contributed by atoms with Gasteiger partial charge in [0.15, 0.2) is 0 Å². The first-order valence-corrected chi connectivity index (χ1v) is 10.7. The predicted octanol–water partition coefficient (Wildman–Crippen LogP) is 2.62. The maximum absolute atomic E-state index is 13.0. The third kappa shape index (κ3) is 4.79. The standard InChI is InChI=1S/C25H25N3O5/c1-17-6-8-18(9-7-17)24(30)27-12-10-20-23(25(31)32-2)21(15-22(29)28(20)14-13-27)33-16-19-5-3-4-11-26-19/h3-9,11,15H,10,12-14,16H2,1-2H3. The van der Waals surface area contributed by atoms with Gasteiger partial charge in [0.25, 0.3) is 11.5 Å². The van der Waals surface area contributed by atoms with Gasteiger partial charge in [-0.1, -0.05) is 23.8 Å². The Balaban J connectivity index is 1.63. The number of esters is 1. The molecular formula is C25H25N3O5. The molecule has 0 N–H and O–H groups in total. The number of amides is 1. The van der Waals surface area contributed by atoms with Crippen LogP contribution < -0.4 is 10.3 Å². The van der Waals surface area contributed by atoms with E-state index in [0.717, 1.165) is 5.56 Å². The van der Waals surface area contributed by atoms with Gasteiger partial charge in [0.1, 0.15) is 17.9 Å². The van der Waals surface area contributed by atoms with Crippen molar-refractivity contribution in [1.29, 1.82) is 0 Å². The summed E-state index contributed by atoms with van der Waals surface area (Å²) in [6.45, 7) is 3.06. The van der Waals surface area contributed by atoms with Crippen molar-refractivity contribution in [1.82, 2.24) is 14.5 Å². The van der Waals surface area contributed by atoms with Crippen LogP contribution in [0.1, 0.15) is 37.7 Å². The van der Waals surface area contributed by atoms with Gasteiger partial charge >= 0.3 is 5.97 Å². The number of carbonyl (C=O) groups is 2. The zero-order valence-corrected chi connectivity index (χ0v) is 18.6. The average molecular weight is 447 g/mol. The Bertz CT molecular complexity index is 1220. The minimum Gasteiger partial charge on any atom is -0.486 e. The molecule has 3 heterocycles. The van der Waals surface area contributed by atoms with Gasteiger partial charge in [-0.25, -0.2) is 4.79 Å². The lowest BCUT2D eigenvalue weighted by Crippen LogP contribution is -2.34. The SMILES string of the molecule is COC(=O)c1c(OCc2ccccn2)cc(=O)n2c1CCN(C(=O)c1ccc(C)cc1)CC2. The van der Waals surface area contributed by atoms with Crippen LogP contribution in [0.25, 0.3) is 0 Å². The lowest BCUT2D eigenvalue weighted by Gasteiger charge is -2.20. The van der Waals surface area contributed by atoms with Gasteiger partial charge in [0, 0.05) is 49.6 Å². The molecule has 0 saturated carbocycles. The molecule has 2 aromatic heterocycles. The Morgan fingerprint density at radius 3 is 2.55 bits per heavy atom. The van der Waals surface area contributed by atoms with Crippen molar-refractivity contribution in [3.05, 3.63) is 93.2 Å². The Kier molecular flexibility index (Phi) is 6.53. The molecule has 0 bridgehead atoms. The average Bonchev–Trinajstić information content (AvgIpc) is 3.07. The van der Waals surface area contributed by atoms with E-state index in [1.807, 2.05) is 25.1 Å². The quantitative estimate of drug-likeness (QED) is 0.559. The summed E-state index contributed by atoms with van der Waals surface area (Å²) in [7, 11) is 1.29. The van der Waals surface area contributed by atoms with E-state index in [4.69, 9.17) is 9.47 Å². The highest BCUT2D eigenvalue weighted by Gasteiger charge is 2.27. The maximum Gasteiger partial charge on any atom is 0.343 e. The highest BCUT2D eigenvalue weighted by Crippen LogP contribution is 2.25. The van der Waals surface area contributed by atoms with E-state index in [-0.39, 0.29) is 35.9 Å². The molecule has 33 heavy (non-hydrogen) atoms. The van der Waals surface area contributed by atoms with E-state index in [0.29, 0.717) is 36.5 Å². The number of nitrogens with zero attached hydrogens (tertiary/aromatic N) is 3. The molecule has 0 aliphatic carbocycles. The monoisotopic (exact) mass is 447 g/mol. The molecule has 170 valence electrons. The summed E-state index contributed by atoms with van der Waals surface area (Å²) < 4.78 is 12.4. The Morgan fingerprint density at radius 1 is 1.06 bits per heavy atom. The fourth-order valence-electron chi connectivity index (χ4n) is 3.90. The molecular weight excluding hydrogens is 422 g/mol.